The fraction of sp³-hybridized carbons (Fsp3) is 0. The van der Waals surface area contributed by atoms with Crippen molar-refractivity contribution in [2.24, 2.45) is 0 Å². The average Bonchev–Trinajstić information content (AvgIpc) is 1.57. The summed E-state index contributed by atoms with van der Waals surface area (Å²) in [5, 5.41) is 6.89. The maximum atomic E-state index is 5.23. The van der Waals surface area contributed by atoms with Gasteiger partial charge in [0, 0.05) is 82.4 Å². The molecule has 0 unspecified atom stereocenters. The third-order valence-corrected chi connectivity index (χ3v) is 27.3. The van der Waals surface area contributed by atoms with E-state index in [1.807, 2.05) is 78.9 Å². The molecule has 27 rings (SSSR count). The maximum Gasteiger partial charge on any atom is 0.238 e. The second-order valence-corrected chi connectivity index (χ2v) is 36.3. The third kappa shape index (κ3) is 17.7. The van der Waals surface area contributed by atoms with Crippen LogP contribution in [0.1, 0.15) is 0 Å². The molecule has 6 aromatic heterocycles. The highest BCUT2D eigenvalue weighted by Gasteiger charge is 2.27. The summed E-state index contributed by atoms with van der Waals surface area (Å²) in [5.74, 6) is 5.47. The van der Waals surface area contributed by atoms with E-state index in [1.54, 1.807) is 0 Å². The van der Waals surface area contributed by atoms with Gasteiger partial charge in [-0.1, -0.05) is 516 Å². The van der Waals surface area contributed by atoms with Crippen LogP contribution in [0.25, 0.3) is 252 Å². The lowest BCUT2D eigenvalue weighted by Gasteiger charge is -2.14. The van der Waals surface area contributed by atoms with Crippen LogP contribution in [-0.2, 0) is 0 Å². The van der Waals surface area contributed by atoms with Gasteiger partial charge in [-0.15, -0.1) is 0 Å². The minimum Gasteiger partial charge on any atom is -0.277 e. The molecule has 0 spiro atoms. The van der Waals surface area contributed by atoms with Crippen molar-refractivity contribution in [1.82, 2.24) is 58.6 Å². The number of para-hydroxylation sites is 5. The van der Waals surface area contributed by atoms with Crippen molar-refractivity contribution in [2.75, 3.05) is 0 Å². The van der Waals surface area contributed by atoms with E-state index in [2.05, 4.69) is 481 Å². The summed E-state index contributed by atoms with van der Waals surface area (Å²) < 4.78 is 6.64. The first-order valence-corrected chi connectivity index (χ1v) is 49.4. The molecule has 0 saturated heterocycles. The zero-order chi connectivity index (χ0) is 97.7. The Labute approximate surface area is 850 Å². The van der Waals surface area contributed by atoms with Crippen LogP contribution in [-0.4, -0.2) is 58.6 Å². The fourth-order valence-electron chi connectivity index (χ4n) is 20.1. The van der Waals surface area contributed by atoms with E-state index in [4.69, 9.17) is 44.9 Å². The first-order chi connectivity index (χ1) is 72.9. The number of hydrogen-bond donors (Lipinski definition) is 0. The Morgan fingerprint density at radius 2 is 0.286 bits per heavy atom. The highest BCUT2D eigenvalue weighted by molar-refractivity contribution is 6.17. The van der Waals surface area contributed by atoms with Crippen molar-refractivity contribution in [3.8, 4) is 186 Å². The molecule has 0 atom stereocenters. The van der Waals surface area contributed by atoms with Gasteiger partial charge in [-0.2, -0.15) is 29.9 Å². The van der Waals surface area contributed by atoms with E-state index in [9.17, 15) is 0 Å². The van der Waals surface area contributed by atoms with Crippen molar-refractivity contribution in [1.29, 1.82) is 0 Å². The van der Waals surface area contributed by atoms with Gasteiger partial charge in [0.25, 0.3) is 0 Å². The predicted octanol–water partition coefficient (Wildman–Crippen LogP) is 33.9. The van der Waals surface area contributed by atoms with Crippen LogP contribution in [0.4, 0.5) is 0 Å². The van der Waals surface area contributed by atoms with Gasteiger partial charge < -0.3 is 0 Å². The molecule has 27 aromatic rings. The summed E-state index contributed by atoms with van der Waals surface area (Å²) in [5.41, 5.74) is 32.6. The molecule has 0 amide bonds. The molecule has 0 fully saturated rings. The van der Waals surface area contributed by atoms with Gasteiger partial charge in [0.15, 0.2) is 34.9 Å². The molecule has 0 saturated carbocycles. The number of hydrogen-bond acceptors (Lipinski definition) is 9. The molecule has 0 aliphatic heterocycles. The first kappa shape index (κ1) is 88.5. The Morgan fingerprint density at radius 3 is 0.558 bits per heavy atom. The predicted molar refractivity (Wildman–Crippen MR) is 604 cm³/mol. The van der Waals surface area contributed by atoms with E-state index >= 15 is 0 Å². The summed E-state index contributed by atoms with van der Waals surface area (Å²) in [6.07, 6.45) is 0. The third-order valence-electron chi connectivity index (χ3n) is 27.3. The molecule has 0 aliphatic carbocycles. The van der Waals surface area contributed by atoms with Crippen LogP contribution in [0.5, 0.6) is 0 Å². The average molecular weight is 1880 g/mol. The lowest BCUT2D eigenvalue weighted by Crippen LogP contribution is -2.07. The summed E-state index contributed by atoms with van der Waals surface area (Å²) >= 11 is 0. The summed E-state index contributed by atoms with van der Waals surface area (Å²) in [6, 6.07) is 190. The second-order valence-electron chi connectivity index (χ2n) is 36.3. The standard InChI is InChI=1S/3C45H30N4/c1-5-15-31(16-6-1)33-25-27-36(28-26-33)44-46-43(35-21-11-4-12-22-35)47-45(48-44)49-41-24-14-13-23-38(41)40-30-37(32-17-7-2-8-18-32)29-39(42(40)49)34-19-9-3-10-20-34;1-4-13-31(14-5-1)33-23-27-35(28-24-33)38-20-12-21-40-39-19-10-11-22-41(39)49(42(38)40)45-47-43(36-17-8-3-9-18-36)46-44(48-45)37-29-25-34(26-30-37)32-15-6-2-7-16-32;1-4-13-31(14-5-1)33-23-27-36(28-24-33)43-46-44(37-29-25-34(26-30-37)32-15-6-2-7-16-32)48-45(47-43)49-41-22-11-10-19-39(41)40-21-12-20-38(42(40)49)35-17-8-3-9-18-35/h3*1-30H. The normalized spacial score (nSPS) is 11.3. The molecule has 0 bridgehead atoms. The minimum atomic E-state index is 0.576. The van der Waals surface area contributed by atoms with Gasteiger partial charge in [0.2, 0.25) is 17.8 Å². The molecular weight excluding hydrogens is 1790 g/mol. The molecule has 0 aliphatic rings. The lowest BCUT2D eigenvalue weighted by atomic mass is 9.95. The van der Waals surface area contributed by atoms with Crippen LogP contribution < -0.4 is 0 Å². The Bertz CT molecular complexity index is 9310. The van der Waals surface area contributed by atoms with E-state index < -0.39 is 0 Å². The van der Waals surface area contributed by atoms with Gasteiger partial charge >= 0.3 is 0 Å². The Morgan fingerprint density at radius 1 is 0.109 bits per heavy atom. The monoisotopic (exact) mass is 1880 g/mol. The van der Waals surface area contributed by atoms with Gasteiger partial charge in [0.1, 0.15) is 0 Å². The van der Waals surface area contributed by atoms with Crippen LogP contribution in [0.2, 0.25) is 0 Å². The number of benzene rings is 21. The molecule has 690 valence electrons. The fourth-order valence-corrected chi connectivity index (χ4v) is 20.1. The van der Waals surface area contributed by atoms with E-state index in [0.29, 0.717) is 52.8 Å². The highest BCUT2D eigenvalue weighted by Crippen LogP contribution is 2.46. The Balaban J connectivity index is 0.000000115. The number of aromatic nitrogens is 12. The van der Waals surface area contributed by atoms with E-state index in [-0.39, 0.29) is 0 Å². The molecule has 6 heterocycles. The van der Waals surface area contributed by atoms with Gasteiger partial charge in [-0.05, 0) is 114 Å². The SMILES string of the molecule is c1ccc(-c2ccc(-c3nc(-c4ccc(-c5ccccc5)cc4)nc(-n4c5ccccc5c5cccc(-c6ccccc6)c54)n3)cc2)cc1.c1ccc(-c2ccc(-c3nc(-c4ccccc4)nc(-n4c5ccccc5c5cc(-c6ccccc6)cc(-c6ccccc6)c54)n3)cc2)cc1.c1ccc(-c2ccc(-c3nc(-c4ccccc4)nc(-n4c5ccccc5c5cccc(-c6ccc(-c7ccccc7)cc6)c54)n3)cc2)cc1. The summed E-state index contributed by atoms with van der Waals surface area (Å²) in [6.45, 7) is 0. The van der Waals surface area contributed by atoms with Crippen LogP contribution in [0, 0.1) is 0 Å². The quantitative estimate of drug-likeness (QED) is 0.0824. The van der Waals surface area contributed by atoms with Gasteiger partial charge in [-0.3, -0.25) is 13.7 Å². The van der Waals surface area contributed by atoms with Crippen molar-refractivity contribution >= 4 is 65.4 Å². The van der Waals surface area contributed by atoms with Crippen LogP contribution >= 0.6 is 0 Å². The molecule has 12 heteroatoms. The molecule has 21 aromatic carbocycles. The van der Waals surface area contributed by atoms with Crippen molar-refractivity contribution < 1.29 is 0 Å². The zero-order valence-electron chi connectivity index (χ0n) is 79.8. The van der Waals surface area contributed by atoms with Crippen LogP contribution in [0.3, 0.4) is 0 Å². The number of rotatable bonds is 18. The van der Waals surface area contributed by atoms with Gasteiger partial charge in [0.05, 0.1) is 33.1 Å². The molecular formula is C135H90N12. The Kier molecular flexibility index (Phi) is 23.8. The molecule has 0 N–H and O–H groups in total. The Hall–Kier alpha value is -20.0. The molecule has 147 heavy (non-hydrogen) atoms. The smallest absolute Gasteiger partial charge is 0.238 e. The van der Waals surface area contributed by atoms with E-state index in [0.717, 1.165) is 160 Å². The molecule has 12 nitrogen and oxygen atoms in total. The molecule has 0 radical (unpaired) electrons. The first-order valence-electron chi connectivity index (χ1n) is 49.4. The van der Waals surface area contributed by atoms with Crippen molar-refractivity contribution in [2.45, 2.75) is 0 Å². The minimum absolute atomic E-state index is 0.576. The maximum absolute atomic E-state index is 5.23. The van der Waals surface area contributed by atoms with E-state index in [1.165, 1.54) is 38.9 Å². The topological polar surface area (TPSA) is 131 Å². The lowest BCUT2D eigenvalue weighted by molar-refractivity contribution is 0.953. The van der Waals surface area contributed by atoms with Gasteiger partial charge in [-0.25, -0.2) is 15.0 Å². The number of nitrogens with zero attached hydrogens (tertiary/aromatic N) is 12. The van der Waals surface area contributed by atoms with Crippen LogP contribution in [0.15, 0.2) is 546 Å². The summed E-state index contributed by atoms with van der Waals surface area (Å²) in [7, 11) is 0. The van der Waals surface area contributed by atoms with Crippen molar-refractivity contribution in [3.63, 3.8) is 0 Å². The zero-order valence-corrected chi connectivity index (χ0v) is 79.8. The second kappa shape index (κ2) is 39.6. The summed E-state index contributed by atoms with van der Waals surface area (Å²) in [4.78, 5) is 46.4. The van der Waals surface area contributed by atoms with Crippen molar-refractivity contribution in [3.05, 3.63) is 546 Å². The highest BCUT2D eigenvalue weighted by atomic mass is 15.2. The number of fused-ring (bicyclic) bond motifs is 9. The largest absolute Gasteiger partial charge is 0.277 e.